The van der Waals surface area contributed by atoms with Crippen LogP contribution in [0.5, 0.6) is 11.5 Å². The summed E-state index contributed by atoms with van der Waals surface area (Å²) >= 11 is 0. The van der Waals surface area contributed by atoms with Crippen molar-refractivity contribution in [2.45, 2.75) is 19.8 Å². The van der Waals surface area contributed by atoms with Gasteiger partial charge in [0.2, 0.25) is 5.89 Å². The molecule has 2 aromatic carbocycles. The molecule has 0 saturated heterocycles. The number of oxazole rings is 1. The van der Waals surface area contributed by atoms with Crippen LogP contribution in [0.4, 0.5) is 0 Å². The molecule has 3 aromatic rings. The number of hydrogen-bond acceptors (Lipinski definition) is 5. The van der Waals surface area contributed by atoms with Crippen molar-refractivity contribution < 1.29 is 19.4 Å². The topological polar surface area (TPSA) is 83.6 Å². The molecule has 2 N–H and O–H groups in total. The first-order valence-corrected chi connectivity index (χ1v) is 7.01. The molecule has 3 rings (SSSR count). The Kier molecular flexibility index (Phi) is 3.55. The third-order valence-corrected chi connectivity index (χ3v) is 3.53. The Morgan fingerprint density at radius 1 is 1.18 bits per heavy atom. The maximum atomic E-state index is 12.3. The molecule has 5 nitrogen and oxygen atoms in total. The summed E-state index contributed by atoms with van der Waals surface area (Å²) in [5, 5.41) is 19.5. The second-order valence-electron chi connectivity index (χ2n) is 5.03. The van der Waals surface area contributed by atoms with Gasteiger partial charge >= 0.3 is 0 Å². The Labute approximate surface area is 126 Å². The van der Waals surface area contributed by atoms with Gasteiger partial charge in [-0.15, -0.1) is 0 Å². The second-order valence-corrected chi connectivity index (χ2v) is 5.03. The van der Waals surface area contributed by atoms with Crippen molar-refractivity contribution in [1.29, 1.82) is 0 Å². The number of ketones is 1. The zero-order valence-corrected chi connectivity index (χ0v) is 12.0. The van der Waals surface area contributed by atoms with Crippen LogP contribution in [0.25, 0.3) is 11.1 Å². The Bertz CT molecular complexity index is 818. The summed E-state index contributed by atoms with van der Waals surface area (Å²) in [6.45, 7) is 1.86. The number of phenolic OH excluding ortho intramolecular Hbond substituents is 2. The molecule has 0 aliphatic carbocycles. The molecule has 1 aromatic heterocycles. The third-order valence-electron chi connectivity index (χ3n) is 3.53. The van der Waals surface area contributed by atoms with Gasteiger partial charge in [0.05, 0.1) is 12.0 Å². The standard InChI is InChI=1S/C17H15NO4/c1-2-10-7-11(14(20)8-13(10)19)15(21)9-17-18-12-5-3-4-6-16(12)22-17/h3-8,19-20H,2,9H2,1H3. The molecule has 1 heterocycles. The van der Waals surface area contributed by atoms with E-state index in [-0.39, 0.29) is 29.3 Å². The summed E-state index contributed by atoms with van der Waals surface area (Å²) in [7, 11) is 0. The number of fused-ring (bicyclic) bond motifs is 1. The first-order chi connectivity index (χ1) is 10.6. The molecule has 0 spiro atoms. The lowest BCUT2D eigenvalue weighted by molar-refractivity contribution is 0.0983. The molecular formula is C17H15NO4. The van der Waals surface area contributed by atoms with Gasteiger partial charge in [-0.1, -0.05) is 19.1 Å². The van der Waals surface area contributed by atoms with Crippen molar-refractivity contribution in [3.05, 3.63) is 53.4 Å². The van der Waals surface area contributed by atoms with Gasteiger partial charge in [0.1, 0.15) is 17.0 Å². The van der Waals surface area contributed by atoms with Gasteiger partial charge in [-0.2, -0.15) is 0 Å². The monoisotopic (exact) mass is 297 g/mol. The van der Waals surface area contributed by atoms with Crippen molar-refractivity contribution in [3.8, 4) is 11.5 Å². The van der Waals surface area contributed by atoms with Crippen LogP contribution in [-0.2, 0) is 12.8 Å². The van der Waals surface area contributed by atoms with Crippen molar-refractivity contribution in [2.24, 2.45) is 0 Å². The summed E-state index contributed by atoms with van der Waals surface area (Å²) in [5.41, 5.74) is 2.08. The fraction of sp³-hybridized carbons (Fsp3) is 0.176. The van der Waals surface area contributed by atoms with E-state index in [2.05, 4.69) is 4.98 Å². The van der Waals surface area contributed by atoms with Crippen LogP contribution in [0.3, 0.4) is 0 Å². The molecule has 112 valence electrons. The highest BCUT2D eigenvalue weighted by Crippen LogP contribution is 2.29. The minimum absolute atomic E-state index is 0.0154. The minimum Gasteiger partial charge on any atom is -0.508 e. The number of carbonyl (C=O) groups excluding carboxylic acids is 1. The number of phenols is 2. The molecule has 22 heavy (non-hydrogen) atoms. The fourth-order valence-electron chi connectivity index (χ4n) is 2.36. The van der Waals surface area contributed by atoms with E-state index >= 15 is 0 Å². The Morgan fingerprint density at radius 3 is 2.68 bits per heavy atom. The van der Waals surface area contributed by atoms with Gasteiger partial charge in [-0.05, 0) is 30.2 Å². The van der Waals surface area contributed by atoms with Gasteiger partial charge in [0, 0.05) is 6.07 Å². The van der Waals surface area contributed by atoms with Crippen LogP contribution in [-0.4, -0.2) is 21.0 Å². The largest absolute Gasteiger partial charge is 0.508 e. The van der Waals surface area contributed by atoms with Gasteiger partial charge in [-0.25, -0.2) is 4.98 Å². The summed E-state index contributed by atoms with van der Waals surface area (Å²) < 4.78 is 5.52. The predicted molar refractivity (Wildman–Crippen MR) is 81.2 cm³/mol. The number of benzene rings is 2. The number of rotatable bonds is 4. The molecule has 0 saturated carbocycles. The number of carbonyl (C=O) groups is 1. The van der Waals surface area contributed by atoms with Gasteiger partial charge in [0.15, 0.2) is 11.4 Å². The molecular weight excluding hydrogens is 282 g/mol. The van der Waals surface area contributed by atoms with Crippen LogP contribution in [0, 0.1) is 0 Å². The lowest BCUT2D eigenvalue weighted by Gasteiger charge is -2.07. The van der Waals surface area contributed by atoms with Crippen LogP contribution >= 0.6 is 0 Å². The highest BCUT2D eigenvalue weighted by molar-refractivity contribution is 6.00. The van der Waals surface area contributed by atoms with Crippen molar-refractivity contribution in [1.82, 2.24) is 4.98 Å². The van der Waals surface area contributed by atoms with E-state index in [9.17, 15) is 15.0 Å². The number of aromatic nitrogens is 1. The fourth-order valence-corrected chi connectivity index (χ4v) is 2.36. The van der Waals surface area contributed by atoms with Crippen LogP contribution in [0.1, 0.15) is 28.7 Å². The average Bonchev–Trinajstić information content (AvgIpc) is 2.89. The molecule has 0 bridgehead atoms. The zero-order chi connectivity index (χ0) is 15.7. The van der Waals surface area contributed by atoms with E-state index in [1.54, 1.807) is 12.1 Å². The van der Waals surface area contributed by atoms with Crippen molar-refractivity contribution in [2.75, 3.05) is 0 Å². The van der Waals surface area contributed by atoms with Crippen molar-refractivity contribution in [3.63, 3.8) is 0 Å². The summed E-state index contributed by atoms with van der Waals surface area (Å²) in [6, 6.07) is 9.96. The zero-order valence-electron chi connectivity index (χ0n) is 12.0. The lowest BCUT2D eigenvalue weighted by atomic mass is 10.0. The summed E-state index contributed by atoms with van der Waals surface area (Å²) in [6.07, 6.45) is 0.519. The molecule has 0 aliphatic rings. The number of aryl methyl sites for hydroxylation is 1. The highest BCUT2D eigenvalue weighted by atomic mass is 16.3. The molecule has 0 unspecified atom stereocenters. The maximum Gasteiger partial charge on any atom is 0.203 e. The van der Waals surface area contributed by atoms with Gasteiger partial charge < -0.3 is 14.6 Å². The predicted octanol–water partition coefficient (Wildman–Crippen LogP) is 3.23. The van der Waals surface area contributed by atoms with E-state index in [1.165, 1.54) is 12.1 Å². The van der Waals surface area contributed by atoms with Gasteiger partial charge in [0.25, 0.3) is 0 Å². The van der Waals surface area contributed by atoms with Crippen LogP contribution in [0.15, 0.2) is 40.8 Å². The minimum atomic E-state index is -0.307. The molecule has 0 aliphatic heterocycles. The van der Waals surface area contributed by atoms with Crippen LogP contribution < -0.4 is 0 Å². The van der Waals surface area contributed by atoms with E-state index in [1.807, 2.05) is 19.1 Å². The number of hydrogen-bond donors (Lipinski definition) is 2. The number of aromatic hydroxyl groups is 2. The van der Waals surface area contributed by atoms with E-state index < -0.39 is 0 Å². The maximum absolute atomic E-state index is 12.3. The Morgan fingerprint density at radius 2 is 1.95 bits per heavy atom. The smallest absolute Gasteiger partial charge is 0.203 e. The van der Waals surface area contributed by atoms with Crippen molar-refractivity contribution >= 4 is 16.9 Å². The highest BCUT2D eigenvalue weighted by Gasteiger charge is 2.17. The Balaban J connectivity index is 1.91. The van der Waals surface area contributed by atoms with Gasteiger partial charge in [-0.3, -0.25) is 4.79 Å². The SMILES string of the molecule is CCc1cc(C(=O)Cc2nc3ccccc3o2)c(O)cc1O. The molecule has 0 radical (unpaired) electrons. The Hall–Kier alpha value is -2.82. The lowest BCUT2D eigenvalue weighted by Crippen LogP contribution is -2.05. The molecule has 0 amide bonds. The van der Waals surface area contributed by atoms with E-state index in [4.69, 9.17) is 4.42 Å². The number of para-hydroxylation sites is 2. The average molecular weight is 297 g/mol. The first kappa shape index (κ1) is 14.1. The quantitative estimate of drug-likeness (QED) is 0.722. The first-order valence-electron chi connectivity index (χ1n) is 7.01. The third kappa shape index (κ3) is 2.53. The number of nitrogens with zero attached hydrogens (tertiary/aromatic N) is 1. The number of Topliss-reactive ketones (excluding diaryl/α,β-unsaturated/α-hetero) is 1. The molecule has 0 atom stereocenters. The summed E-state index contributed by atoms with van der Waals surface area (Å²) in [4.78, 5) is 16.6. The van der Waals surface area contributed by atoms with E-state index in [0.717, 1.165) is 0 Å². The summed E-state index contributed by atoms with van der Waals surface area (Å²) in [5.74, 6) is -0.260. The normalized spacial score (nSPS) is 11.0. The molecule has 0 fully saturated rings. The van der Waals surface area contributed by atoms with Crippen LogP contribution in [0.2, 0.25) is 0 Å². The van der Waals surface area contributed by atoms with E-state index in [0.29, 0.717) is 29.0 Å². The second kappa shape index (κ2) is 5.52. The molecule has 5 heteroatoms.